The van der Waals surface area contributed by atoms with Crippen LogP contribution < -0.4 is 0 Å². The lowest BCUT2D eigenvalue weighted by Crippen LogP contribution is -2.48. The normalized spacial score (nSPS) is 24.6. The van der Waals surface area contributed by atoms with Gasteiger partial charge in [-0.15, -0.1) is 0 Å². The zero-order valence-corrected chi connectivity index (χ0v) is 13.8. The second-order valence-corrected chi connectivity index (χ2v) is 6.80. The lowest BCUT2D eigenvalue weighted by molar-refractivity contribution is 0.0489. The quantitative estimate of drug-likeness (QED) is 0.824. The monoisotopic (exact) mass is 356 g/mol. The summed E-state index contributed by atoms with van der Waals surface area (Å²) >= 11 is 3.45. The molecule has 0 aliphatic carbocycles. The zero-order valence-electron chi connectivity index (χ0n) is 12.2. The molecule has 3 nitrogen and oxygen atoms in total. The fourth-order valence-corrected chi connectivity index (χ4v) is 3.57. The highest BCUT2D eigenvalue weighted by Crippen LogP contribution is 2.21. The Hall–Kier alpha value is -0.490. The molecule has 2 heterocycles. The first-order valence-corrected chi connectivity index (χ1v) is 8.50. The topological polar surface area (TPSA) is 15.7 Å². The molecule has 5 heteroatoms. The summed E-state index contributed by atoms with van der Waals surface area (Å²) in [4.78, 5) is 4.94. The third-order valence-electron chi connectivity index (χ3n) is 4.36. The summed E-state index contributed by atoms with van der Waals surface area (Å²) in [7, 11) is 0. The first kappa shape index (κ1) is 15.4. The van der Waals surface area contributed by atoms with Crippen LogP contribution in [-0.2, 0) is 11.3 Å². The van der Waals surface area contributed by atoms with E-state index in [9.17, 15) is 4.39 Å². The molecule has 2 saturated heterocycles. The van der Waals surface area contributed by atoms with Gasteiger partial charge in [-0.1, -0.05) is 22.0 Å². The third kappa shape index (κ3) is 4.25. The van der Waals surface area contributed by atoms with Crippen LogP contribution in [0.1, 0.15) is 18.4 Å². The van der Waals surface area contributed by atoms with Crippen molar-refractivity contribution in [2.45, 2.75) is 25.5 Å². The number of halogens is 2. The van der Waals surface area contributed by atoms with Crippen LogP contribution in [0.3, 0.4) is 0 Å². The fraction of sp³-hybridized carbons (Fsp3) is 0.625. The molecule has 0 radical (unpaired) electrons. The molecule has 2 aliphatic rings. The van der Waals surface area contributed by atoms with Crippen molar-refractivity contribution in [1.29, 1.82) is 0 Å². The van der Waals surface area contributed by atoms with Crippen LogP contribution in [0.25, 0.3) is 0 Å². The molecule has 21 heavy (non-hydrogen) atoms. The molecule has 1 aromatic rings. The maximum atomic E-state index is 13.1. The maximum Gasteiger partial charge on any atom is 0.124 e. The molecule has 1 aromatic carbocycles. The van der Waals surface area contributed by atoms with Gasteiger partial charge in [-0.05, 0) is 30.5 Å². The number of ether oxygens (including phenoxy) is 1. The van der Waals surface area contributed by atoms with E-state index in [0.29, 0.717) is 6.10 Å². The Kier molecular flexibility index (Phi) is 5.27. The van der Waals surface area contributed by atoms with Crippen molar-refractivity contribution in [3.05, 3.63) is 34.1 Å². The van der Waals surface area contributed by atoms with Gasteiger partial charge < -0.3 is 4.74 Å². The third-order valence-corrected chi connectivity index (χ3v) is 5.10. The van der Waals surface area contributed by atoms with Crippen LogP contribution in [-0.4, -0.2) is 55.2 Å². The van der Waals surface area contributed by atoms with Crippen molar-refractivity contribution in [3.63, 3.8) is 0 Å². The van der Waals surface area contributed by atoms with Gasteiger partial charge >= 0.3 is 0 Å². The molecule has 0 saturated carbocycles. The average molecular weight is 357 g/mol. The lowest BCUT2D eigenvalue weighted by atomic mass is 10.2. The van der Waals surface area contributed by atoms with Crippen LogP contribution >= 0.6 is 15.9 Å². The van der Waals surface area contributed by atoms with E-state index in [0.717, 1.165) is 55.9 Å². The summed E-state index contributed by atoms with van der Waals surface area (Å²) in [5.41, 5.74) is 1.16. The molecular formula is C16H22BrFN2O. The lowest BCUT2D eigenvalue weighted by Gasteiger charge is -2.35. The van der Waals surface area contributed by atoms with Gasteiger partial charge in [0.05, 0.1) is 6.10 Å². The highest BCUT2D eigenvalue weighted by molar-refractivity contribution is 9.10. The van der Waals surface area contributed by atoms with Crippen LogP contribution in [0.15, 0.2) is 22.7 Å². The van der Waals surface area contributed by atoms with E-state index < -0.39 is 0 Å². The standard InChI is InChI=1S/C16H22BrFN2O/c17-16-10-14(18)4-3-13(16)11-19-5-7-20(8-6-19)12-15-2-1-9-21-15/h3-4,10,15H,1-2,5-9,11-12H2. The van der Waals surface area contributed by atoms with E-state index >= 15 is 0 Å². The molecule has 0 spiro atoms. The Labute approximate surface area is 134 Å². The van der Waals surface area contributed by atoms with Gasteiger partial charge in [-0.25, -0.2) is 4.39 Å². The predicted octanol–water partition coefficient (Wildman–Crippen LogP) is 2.88. The smallest absolute Gasteiger partial charge is 0.124 e. The predicted molar refractivity (Wildman–Crippen MR) is 84.8 cm³/mol. The molecular weight excluding hydrogens is 335 g/mol. The van der Waals surface area contributed by atoms with Gasteiger partial charge in [0.25, 0.3) is 0 Å². The van der Waals surface area contributed by atoms with Gasteiger partial charge in [-0.2, -0.15) is 0 Å². The van der Waals surface area contributed by atoms with Crippen LogP contribution in [0.5, 0.6) is 0 Å². The maximum absolute atomic E-state index is 13.1. The highest BCUT2D eigenvalue weighted by Gasteiger charge is 2.23. The van der Waals surface area contributed by atoms with Crippen molar-refractivity contribution in [1.82, 2.24) is 9.80 Å². The minimum absolute atomic E-state index is 0.188. The first-order valence-electron chi connectivity index (χ1n) is 7.71. The molecule has 1 unspecified atom stereocenters. The largest absolute Gasteiger partial charge is 0.377 e. The SMILES string of the molecule is Fc1ccc(CN2CCN(CC3CCCO3)CC2)c(Br)c1. The van der Waals surface area contributed by atoms with E-state index in [1.54, 1.807) is 6.07 Å². The van der Waals surface area contributed by atoms with Crippen molar-refractivity contribution in [2.24, 2.45) is 0 Å². The second kappa shape index (κ2) is 7.18. The van der Waals surface area contributed by atoms with E-state index in [1.807, 2.05) is 6.07 Å². The van der Waals surface area contributed by atoms with Gasteiger partial charge in [-0.3, -0.25) is 9.80 Å². The van der Waals surface area contributed by atoms with Gasteiger partial charge in [0.15, 0.2) is 0 Å². The number of benzene rings is 1. The number of hydrogen-bond donors (Lipinski definition) is 0. The summed E-state index contributed by atoms with van der Waals surface area (Å²) in [6.07, 6.45) is 2.87. The van der Waals surface area contributed by atoms with E-state index in [1.165, 1.54) is 18.9 Å². The minimum Gasteiger partial charge on any atom is -0.377 e. The Balaban J connectivity index is 1.46. The van der Waals surface area contributed by atoms with Crippen LogP contribution in [0.4, 0.5) is 4.39 Å². The Bertz CT molecular complexity index is 471. The molecule has 0 bridgehead atoms. The highest BCUT2D eigenvalue weighted by atomic mass is 79.9. The van der Waals surface area contributed by atoms with Gasteiger partial charge in [0.1, 0.15) is 5.82 Å². The summed E-state index contributed by atoms with van der Waals surface area (Å²) < 4.78 is 19.7. The molecule has 0 amide bonds. The summed E-state index contributed by atoms with van der Waals surface area (Å²) in [5.74, 6) is -0.188. The van der Waals surface area contributed by atoms with Crippen molar-refractivity contribution in [3.8, 4) is 0 Å². The number of piperazine rings is 1. The second-order valence-electron chi connectivity index (χ2n) is 5.95. The van der Waals surface area contributed by atoms with Crippen LogP contribution in [0, 0.1) is 5.82 Å². The van der Waals surface area contributed by atoms with Gasteiger partial charge in [0, 0.05) is 50.3 Å². The molecule has 0 N–H and O–H groups in total. The molecule has 2 aliphatic heterocycles. The summed E-state index contributed by atoms with van der Waals surface area (Å²) in [5, 5.41) is 0. The minimum atomic E-state index is -0.188. The van der Waals surface area contributed by atoms with Crippen molar-refractivity contribution < 1.29 is 9.13 Å². The van der Waals surface area contributed by atoms with Crippen LogP contribution in [0.2, 0.25) is 0 Å². The molecule has 2 fully saturated rings. The van der Waals surface area contributed by atoms with E-state index in [2.05, 4.69) is 25.7 Å². The first-order chi connectivity index (χ1) is 10.2. The fourth-order valence-electron chi connectivity index (χ4n) is 3.10. The number of hydrogen-bond acceptors (Lipinski definition) is 3. The van der Waals surface area contributed by atoms with E-state index in [-0.39, 0.29) is 5.82 Å². The molecule has 0 aromatic heterocycles. The van der Waals surface area contributed by atoms with E-state index in [4.69, 9.17) is 4.74 Å². The molecule has 116 valence electrons. The molecule has 1 atom stereocenters. The summed E-state index contributed by atoms with van der Waals surface area (Å²) in [6, 6.07) is 4.95. The zero-order chi connectivity index (χ0) is 14.7. The van der Waals surface area contributed by atoms with Crippen molar-refractivity contribution >= 4 is 15.9 Å². The average Bonchev–Trinajstić information content (AvgIpc) is 2.97. The Morgan fingerprint density at radius 1 is 1.19 bits per heavy atom. The Morgan fingerprint density at radius 3 is 2.62 bits per heavy atom. The number of rotatable bonds is 4. The Morgan fingerprint density at radius 2 is 1.95 bits per heavy atom. The summed E-state index contributed by atoms with van der Waals surface area (Å²) in [6.45, 7) is 7.22. The number of nitrogens with zero attached hydrogens (tertiary/aromatic N) is 2. The van der Waals surface area contributed by atoms with Gasteiger partial charge in [0.2, 0.25) is 0 Å². The molecule has 3 rings (SSSR count). The van der Waals surface area contributed by atoms with Crippen molar-refractivity contribution in [2.75, 3.05) is 39.3 Å².